The molecule has 0 amide bonds. The zero-order valence-corrected chi connectivity index (χ0v) is 18.6. The number of nitrogens with zero attached hydrogens (tertiary/aromatic N) is 4. The quantitative estimate of drug-likeness (QED) is 0.443. The molecule has 2 aliphatic heterocycles. The van der Waals surface area contributed by atoms with Crippen molar-refractivity contribution in [1.29, 1.82) is 0 Å². The number of phenols is 1. The van der Waals surface area contributed by atoms with Crippen molar-refractivity contribution < 1.29 is 9.50 Å². The summed E-state index contributed by atoms with van der Waals surface area (Å²) in [4.78, 5) is 13.4. The number of aromatic nitrogens is 4. The molecule has 8 heteroatoms. The molecule has 1 unspecified atom stereocenters. The van der Waals surface area contributed by atoms with Gasteiger partial charge in [0.15, 0.2) is 17.4 Å². The first kappa shape index (κ1) is 20.4. The number of likely N-dealkylation sites (N-methyl/N-ethyl adjacent to an activating group) is 1. The monoisotopic (exact) mass is 446 g/mol. The smallest absolute Gasteiger partial charge is 0.165 e. The molecule has 0 spiro atoms. The summed E-state index contributed by atoms with van der Waals surface area (Å²) in [5.41, 5.74) is 5.52. The van der Waals surface area contributed by atoms with Crippen molar-refractivity contribution >= 4 is 10.9 Å². The van der Waals surface area contributed by atoms with E-state index in [1.165, 1.54) is 37.2 Å². The Kier molecular flexibility index (Phi) is 4.92. The Morgan fingerprint density at radius 1 is 1.15 bits per heavy atom. The number of phenolic OH excluding ortho intramolecular Hbond substituents is 1. The van der Waals surface area contributed by atoms with E-state index >= 15 is 0 Å². The van der Waals surface area contributed by atoms with Gasteiger partial charge in [-0.05, 0) is 61.8 Å². The number of fused-ring (bicyclic) bond motifs is 2. The minimum atomic E-state index is -0.632. The molecular weight excluding hydrogens is 419 g/mol. The normalized spacial score (nSPS) is 19.4. The lowest BCUT2D eigenvalue weighted by Crippen LogP contribution is -2.41. The van der Waals surface area contributed by atoms with Crippen molar-refractivity contribution in [2.75, 3.05) is 26.7 Å². The molecule has 0 radical (unpaired) electrons. The lowest BCUT2D eigenvalue weighted by Gasteiger charge is -2.31. The van der Waals surface area contributed by atoms with Crippen molar-refractivity contribution in [2.24, 2.45) is 0 Å². The predicted octanol–water partition coefficient (Wildman–Crippen LogP) is 3.92. The largest absolute Gasteiger partial charge is 0.505 e. The van der Waals surface area contributed by atoms with E-state index in [-0.39, 0.29) is 5.75 Å². The van der Waals surface area contributed by atoms with Crippen LogP contribution in [0.25, 0.3) is 33.5 Å². The summed E-state index contributed by atoms with van der Waals surface area (Å²) < 4.78 is 13.8. The van der Waals surface area contributed by atoms with Gasteiger partial charge in [-0.25, -0.2) is 9.37 Å². The Labute approximate surface area is 191 Å². The Bertz CT molecular complexity index is 1330. The molecule has 1 fully saturated rings. The Morgan fingerprint density at radius 3 is 2.82 bits per heavy atom. The highest BCUT2D eigenvalue weighted by Gasteiger charge is 2.27. The third kappa shape index (κ3) is 3.69. The number of rotatable bonds is 4. The molecule has 1 saturated heterocycles. The van der Waals surface area contributed by atoms with Crippen LogP contribution in [0.3, 0.4) is 0 Å². The summed E-state index contributed by atoms with van der Waals surface area (Å²) in [6, 6.07) is 10.9. The van der Waals surface area contributed by atoms with Crippen LogP contribution >= 0.6 is 0 Å². The standard InChI is InChI=1S/C25H27FN6O/c1-31-9-2-3-17(31)13-32-10-8-20-22(14-32)28-25(27-20)24-18-6-4-16(12-21(18)29-30-24)15-5-7-23(33)19(26)11-15/h4-7,11-12,17,33H,2-3,8-10,13-14H2,1H3,(H,27,28)(H,29,30). The molecule has 2 aromatic carbocycles. The van der Waals surface area contributed by atoms with Gasteiger partial charge in [0.1, 0.15) is 5.69 Å². The Morgan fingerprint density at radius 2 is 2.00 bits per heavy atom. The minimum absolute atomic E-state index is 0.348. The van der Waals surface area contributed by atoms with Crippen molar-refractivity contribution in [3.05, 3.63) is 53.6 Å². The number of aromatic hydroxyl groups is 1. The topological polar surface area (TPSA) is 84.1 Å². The molecule has 0 saturated carbocycles. The van der Waals surface area contributed by atoms with Crippen LogP contribution in [0.5, 0.6) is 5.75 Å². The number of nitrogens with one attached hydrogen (secondary N) is 2. The molecule has 170 valence electrons. The number of H-pyrrole nitrogens is 2. The number of halogens is 1. The first-order chi connectivity index (χ1) is 16.0. The molecule has 3 N–H and O–H groups in total. The van der Waals surface area contributed by atoms with E-state index < -0.39 is 5.82 Å². The van der Waals surface area contributed by atoms with Gasteiger partial charge in [-0.15, -0.1) is 0 Å². The lowest BCUT2D eigenvalue weighted by molar-refractivity contribution is 0.179. The Balaban J connectivity index is 1.25. The second-order valence-corrected chi connectivity index (χ2v) is 9.27. The summed E-state index contributed by atoms with van der Waals surface area (Å²) in [6.07, 6.45) is 3.53. The van der Waals surface area contributed by atoms with Crippen LogP contribution in [0.2, 0.25) is 0 Å². The lowest BCUT2D eigenvalue weighted by atomic mass is 10.0. The van der Waals surface area contributed by atoms with Crippen LogP contribution in [-0.4, -0.2) is 67.8 Å². The summed E-state index contributed by atoms with van der Waals surface area (Å²) in [5, 5.41) is 18.1. The van der Waals surface area contributed by atoms with E-state index in [0.717, 1.165) is 59.7 Å². The van der Waals surface area contributed by atoms with Crippen LogP contribution < -0.4 is 0 Å². The summed E-state index contributed by atoms with van der Waals surface area (Å²) in [5.74, 6) is -0.193. The molecule has 2 aromatic heterocycles. The van der Waals surface area contributed by atoms with E-state index in [4.69, 9.17) is 4.98 Å². The number of imidazole rings is 1. The molecule has 7 nitrogen and oxygen atoms in total. The average molecular weight is 447 g/mol. The molecule has 4 heterocycles. The van der Waals surface area contributed by atoms with Crippen molar-refractivity contribution in [3.63, 3.8) is 0 Å². The number of hydrogen-bond acceptors (Lipinski definition) is 5. The van der Waals surface area contributed by atoms with Gasteiger partial charge in [-0.1, -0.05) is 12.1 Å². The first-order valence-electron chi connectivity index (χ1n) is 11.5. The zero-order valence-electron chi connectivity index (χ0n) is 18.6. The highest BCUT2D eigenvalue weighted by molar-refractivity contribution is 5.93. The van der Waals surface area contributed by atoms with Gasteiger partial charge in [0.25, 0.3) is 0 Å². The van der Waals surface area contributed by atoms with E-state index in [1.54, 1.807) is 6.07 Å². The molecule has 0 bridgehead atoms. The molecule has 1 atom stereocenters. The predicted molar refractivity (Wildman–Crippen MR) is 125 cm³/mol. The second-order valence-electron chi connectivity index (χ2n) is 9.27. The van der Waals surface area contributed by atoms with Crippen molar-refractivity contribution in [3.8, 4) is 28.4 Å². The molecule has 0 aliphatic carbocycles. The maximum Gasteiger partial charge on any atom is 0.165 e. The van der Waals surface area contributed by atoms with Gasteiger partial charge in [0.05, 0.1) is 16.9 Å². The van der Waals surface area contributed by atoms with Gasteiger partial charge in [0.2, 0.25) is 0 Å². The van der Waals surface area contributed by atoms with E-state index in [1.807, 2.05) is 18.2 Å². The van der Waals surface area contributed by atoms with E-state index in [0.29, 0.717) is 11.6 Å². The molecule has 4 aromatic rings. The van der Waals surface area contributed by atoms with Crippen LogP contribution in [0.1, 0.15) is 24.2 Å². The average Bonchev–Trinajstić information content (AvgIpc) is 3.53. The van der Waals surface area contributed by atoms with Crippen LogP contribution in [-0.2, 0) is 13.0 Å². The Hall–Kier alpha value is -3.23. The fourth-order valence-corrected chi connectivity index (χ4v) is 5.19. The first-order valence-corrected chi connectivity index (χ1v) is 11.5. The summed E-state index contributed by atoms with van der Waals surface area (Å²) >= 11 is 0. The molecular formula is C25H27FN6O. The maximum atomic E-state index is 13.8. The zero-order chi connectivity index (χ0) is 22.5. The number of benzene rings is 2. The van der Waals surface area contributed by atoms with Gasteiger partial charge in [0, 0.05) is 37.5 Å². The fraction of sp³-hybridized carbons (Fsp3) is 0.360. The third-order valence-electron chi connectivity index (χ3n) is 7.12. The number of hydrogen-bond donors (Lipinski definition) is 3. The molecule has 6 rings (SSSR count). The summed E-state index contributed by atoms with van der Waals surface area (Å²) in [7, 11) is 2.23. The van der Waals surface area contributed by atoms with Gasteiger partial charge < -0.3 is 15.0 Å². The van der Waals surface area contributed by atoms with Crippen molar-refractivity contribution in [2.45, 2.75) is 31.8 Å². The molecule has 33 heavy (non-hydrogen) atoms. The maximum absolute atomic E-state index is 13.8. The summed E-state index contributed by atoms with van der Waals surface area (Å²) in [6.45, 7) is 4.24. The fourth-order valence-electron chi connectivity index (χ4n) is 5.19. The van der Waals surface area contributed by atoms with Gasteiger partial charge in [-0.2, -0.15) is 5.10 Å². The SMILES string of the molecule is CN1CCCC1CN1CCc2nc(-c3n[nH]c4cc(-c5ccc(O)c(F)c5)ccc34)[nH]c2C1. The van der Waals surface area contributed by atoms with Crippen LogP contribution in [0, 0.1) is 5.82 Å². The third-order valence-corrected chi connectivity index (χ3v) is 7.12. The van der Waals surface area contributed by atoms with Crippen LogP contribution in [0.15, 0.2) is 36.4 Å². The molecule has 2 aliphatic rings. The van der Waals surface area contributed by atoms with Gasteiger partial charge >= 0.3 is 0 Å². The number of likely N-dealkylation sites (tertiary alicyclic amines) is 1. The van der Waals surface area contributed by atoms with Crippen LogP contribution in [0.4, 0.5) is 4.39 Å². The van der Waals surface area contributed by atoms with Gasteiger partial charge in [-0.3, -0.25) is 10.00 Å². The minimum Gasteiger partial charge on any atom is -0.505 e. The second kappa shape index (κ2) is 7.97. The van der Waals surface area contributed by atoms with E-state index in [9.17, 15) is 9.50 Å². The highest BCUT2D eigenvalue weighted by Crippen LogP contribution is 2.31. The van der Waals surface area contributed by atoms with Crippen molar-refractivity contribution in [1.82, 2.24) is 30.0 Å². The van der Waals surface area contributed by atoms with E-state index in [2.05, 4.69) is 32.0 Å². The highest BCUT2D eigenvalue weighted by atomic mass is 19.1. The number of aromatic amines is 2.